The van der Waals surface area contributed by atoms with Gasteiger partial charge in [-0.3, -0.25) is 4.98 Å². The molecule has 4 nitrogen and oxygen atoms in total. The number of nitrogens with one attached hydrogen (secondary N) is 1. The molecule has 0 aliphatic heterocycles. The summed E-state index contributed by atoms with van der Waals surface area (Å²) in [6.07, 6.45) is 1.75. The number of para-hydroxylation sites is 1. The molecule has 0 aliphatic carbocycles. The molecule has 0 unspecified atom stereocenters. The van der Waals surface area contributed by atoms with Gasteiger partial charge in [-0.2, -0.15) is 0 Å². The minimum absolute atomic E-state index is 0.664. The van der Waals surface area contributed by atoms with Crippen LogP contribution in [0.4, 0.5) is 17.2 Å². The molecule has 2 aromatic heterocycles. The Morgan fingerprint density at radius 2 is 1.90 bits per heavy atom. The van der Waals surface area contributed by atoms with Gasteiger partial charge in [0.05, 0.1) is 16.9 Å². The predicted octanol–water partition coefficient (Wildman–Crippen LogP) is 3.57. The number of aromatic nitrogens is 2. The first kappa shape index (κ1) is 12.4. The number of nitrogen functional groups attached to an aromatic ring is 1. The molecule has 20 heavy (non-hydrogen) atoms. The van der Waals surface area contributed by atoms with Gasteiger partial charge in [0.2, 0.25) is 0 Å². The lowest BCUT2D eigenvalue weighted by atomic mass is 10.1. The number of benzene rings is 1. The molecule has 2 heterocycles. The highest BCUT2D eigenvalue weighted by Crippen LogP contribution is 2.27. The van der Waals surface area contributed by atoms with Gasteiger partial charge in [-0.1, -0.05) is 18.2 Å². The van der Waals surface area contributed by atoms with E-state index in [4.69, 9.17) is 5.73 Å². The van der Waals surface area contributed by atoms with Crippen molar-refractivity contribution in [2.45, 2.75) is 13.8 Å². The van der Waals surface area contributed by atoms with Crippen LogP contribution in [0.5, 0.6) is 0 Å². The summed E-state index contributed by atoms with van der Waals surface area (Å²) in [6, 6.07) is 12.0. The van der Waals surface area contributed by atoms with Crippen LogP contribution in [0.25, 0.3) is 10.9 Å². The average molecular weight is 264 g/mol. The third kappa shape index (κ3) is 2.16. The lowest BCUT2D eigenvalue weighted by molar-refractivity contribution is 1.24. The monoisotopic (exact) mass is 264 g/mol. The van der Waals surface area contributed by atoms with E-state index in [1.54, 1.807) is 6.20 Å². The van der Waals surface area contributed by atoms with Gasteiger partial charge in [0.15, 0.2) is 5.82 Å². The molecular formula is C16H16N4. The maximum absolute atomic E-state index is 6.06. The number of pyridine rings is 2. The topological polar surface area (TPSA) is 63.8 Å². The number of nitrogens with zero attached hydrogens (tertiary/aromatic N) is 2. The third-order valence-electron chi connectivity index (χ3n) is 3.32. The summed E-state index contributed by atoms with van der Waals surface area (Å²) in [5.41, 5.74) is 10.6. The average Bonchev–Trinajstić information content (AvgIpc) is 2.44. The van der Waals surface area contributed by atoms with Crippen LogP contribution in [0.3, 0.4) is 0 Å². The van der Waals surface area contributed by atoms with Crippen molar-refractivity contribution >= 4 is 28.1 Å². The number of hydrogen-bond acceptors (Lipinski definition) is 4. The normalized spacial score (nSPS) is 10.7. The van der Waals surface area contributed by atoms with E-state index in [0.29, 0.717) is 11.5 Å². The molecule has 3 aromatic rings. The number of fused-ring (bicyclic) bond motifs is 1. The van der Waals surface area contributed by atoms with E-state index in [1.165, 1.54) is 0 Å². The Kier molecular flexibility index (Phi) is 2.99. The zero-order valence-electron chi connectivity index (χ0n) is 11.5. The lowest BCUT2D eigenvalue weighted by Crippen LogP contribution is -2.01. The maximum Gasteiger partial charge on any atom is 0.153 e. The summed E-state index contributed by atoms with van der Waals surface area (Å²) < 4.78 is 0. The van der Waals surface area contributed by atoms with Crippen LogP contribution in [0.2, 0.25) is 0 Å². The molecule has 100 valence electrons. The van der Waals surface area contributed by atoms with Crippen molar-refractivity contribution in [2.75, 3.05) is 11.1 Å². The number of nitrogens with two attached hydrogens (primary N) is 1. The Balaban J connectivity index is 2.11. The van der Waals surface area contributed by atoms with Gasteiger partial charge in [-0.05, 0) is 37.6 Å². The molecule has 3 rings (SSSR count). The highest BCUT2D eigenvalue weighted by molar-refractivity contribution is 5.92. The molecule has 1 aromatic carbocycles. The van der Waals surface area contributed by atoms with E-state index in [0.717, 1.165) is 27.8 Å². The quantitative estimate of drug-likeness (QED) is 0.742. The van der Waals surface area contributed by atoms with Crippen LogP contribution >= 0.6 is 0 Å². The van der Waals surface area contributed by atoms with E-state index in [1.807, 2.05) is 44.2 Å². The molecule has 3 N–H and O–H groups in total. The summed E-state index contributed by atoms with van der Waals surface area (Å²) in [5.74, 6) is 0.667. The van der Waals surface area contributed by atoms with Crippen molar-refractivity contribution < 1.29 is 0 Å². The molecule has 0 fully saturated rings. The number of hydrogen-bond donors (Lipinski definition) is 2. The molecular weight excluding hydrogens is 248 g/mol. The first-order chi connectivity index (χ1) is 9.65. The van der Waals surface area contributed by atoms with E-state index >= 15 is 0 Å². The Labute approximate surface area is 117 Å². The third-order valence-corrected chi connectivity index (χ3v) is 3.32. The van der Waals surface area contributed by atoms with Gasteiger partial charge >= 0.3 is 0 Å². The zero-order valence-corrected chi connectivity index (χ0v) is 11.5. The van der Waals surface area contributed by atoms with Gasteiger partial charge in [0.1, 0.15) is 0 Å². The molecule has 0 amide bonds. The Morgan fingerprint density at radius 1 is 1.05 bits per heavy atom. The first-order valence-corrected chi connectivity index (χ1v) is 6.49. The highest BCUT2D eigenvalue weighted by Gasteiger charge is 2.07. The van der Waals surface area contributed by atoms with Crippen LogP contribution in [0.15, 0.2) is 42.6 Å². The molecule has 0 aliphatic rings. The largest absolute Gasteiger partial charge is 0.396 e. The SMILES string of the molecule is Cc1ccc2cccc(Nc3nccc(C)c3N)c2n1. The summed E-state index contributed by atoms with van der Waals surface area (Å²) in [5, 5.41) is 4.37. The summed E-state index contributed by atoms with van der Waals surface area (Å²) in [4.78, 5) is 8.89. The Hall–Kier alpha value is -2.62. The maximum atomic E-state index is 6.06. The van der Waals surface area contributed by atoms with Crippen LogP contribution in [-0.2, 0) is 0 Å². The van der Waals surface area contributed by atoms with Crippen LogP contribution < -0.4 is 11.1 Å². The van der Waals surface area contributed by atoms with Crippen molar-refractivity contribution in [3.8, 4) is 0 Å². The van der Waals surface area contributed by atoms with Crippen molar-refractivity contribution in [2.24, 2.45) is 0 Å². The summed E-state index contributed by atoms with van der Waals surface area (Å²) >= 11 is 0. The van der Waals surface area contributed by atoms with E-state index in [-0.39, 0.29) is 0 Å². The Morgan fingerprint density at radius 3 is 2.75 bits per heavy atom. The van der Waals surface area contributed by atoms with Crippen LogP contribution in [0, 0.1) is 13.8 Å². The van der Waals surface area contributed by atoms with Crippen LogP contribution in [0.1, 0.15) is 11.3 Å². The van der Waals surface area contributed by atoms with Crippen molar-refractivity contribution in [3.05, 3.63) is 53.9 Å². The second-order valence-corrected chi connectivity index (χ2v) is 4.85. The molecule has 4 heteroatoms. The smallest absolute Gasteiger partial charge is 0.153 e. The minimum Gasteiger partial charge on any atom is -0.396 e. The first-order valence-electron chi connectivity index (χ1n) is 6.49. The number of aryl methyl sites for hydroxylation is 2. The fourth-order valence-corrected chi connectivity index (χ4v) is 2.14. The molecule has 0 saturated carbocycles. The molecule has 0 atom stereocenters. The molecule has 0 bridgehead atoms. The van der Waals surface area contributed by atoms with Gasteiger partial charge in [-0.25, -0.2) is 4.98 Å². The minimum atomic E-state index is 0.664. The fourth-order valence-electron chi connectivity index (χ4n) is 2.14. The standard InChI is InChI=1S/C16H16N4/c1-10-8-9-18-16(14(10)17)20-13-5-3-4-12-7-6-11(2)19-15(12)13/h3-9H,17H2,1-2H3,(H,18,20). The highest BCUT2D eigenvalue weighted by atomic mass is 15.0. The summed E-state index contributed by atoms with van der Waals surface area (Å²) in [7, 11) is 0. The van der Waals surface area contributed by atoms with E-state index < -0.39 is 0 Å². The summed E-state index contributed by atoms with van der Waals surface area (Å²) in [6.45, 7) is 3.95. The van der Waals surface area contributed by atoms with Crippen LogP contribution in [-0.4, -0.2) is 9.97 Å². The van der Waals surface area contributed by atoms with Gasteiger partial charge in [0.25, 0.3) is 0 Å². The predicted molar refractivity (Wildman–Crippen MR) is 83.1 cm³/mol. The van der Waals surface area contributed by atoms with Gasteiger partial charge < -0.3 is 11.1 Å². The second kappa shape index (κ2) is 4.81. The Bertz CT molecular complexity index is 781. The van der Waals surface area contributed by atoms with E-state index in [2.05, 4.69) is 21.4 Å². The lowest BCUT2D eigenvalue weighted by Gasteiger charge is -2.12. The fraction of sp³-hybridized carbons (Fsp3) is 0.125. The number of rotatable bonds is 2. The molecule has 0 spiro atoms. The van der Waals surface area contributed by atoms with Crippen molar-refractivity contribution in [1.82, 2.24) is 9.97 Å². The van der Waals surface area contributed by atoms with Crippen molar-refractivity contribution in [1.29, 1.82) is 0 Å². The van der Waals surface area contributed by atoms with E-state index in [9.17, 15) is 0 Å². The molecule has 0 saturated heterocycles. The van der Waals surface area contributed by atoms with Gasteiger partial charge in [0, 0.05) is 17.3 Å². The number of anilines is 3. The second-order valence-electron chi connectivity index (χ2n) is 4.85. The van der Waals surface area contributed by atoms with Gasteiger partial charge in [-0.15, -0.1) is 0 Å². The zero-order chi connectivity index (χ0) is 14.1. The molecule has 0 radical (unpaired) electrons. The van der Waals surface area contributed by atoms with Crippen molar-refractivity contribution in [3.63, 3.8) is 0 Å².